The Hall–Kier alpha value is -0.370. The maximum Gasteiger partial charge on any atom is 0.152 e. The van der Waals surface area contributed by atoms with Crippen LogP contribution in [0, 0.1) is 11.8 Å². The first-order valence-electron chi connectivity index (χ1n) is 6.31. The van der Waals surface area contributed by atoms with Crippen LogP contribution in [-0.4, -0.2) is 29.8 Å². The SMILES string of the molecule is CC(C)C(=O)[C@H](C(C)C)N1CCCCC1. The molecule has 1 atom stereocenters. The number of piperidine rings is 1. The average Bonchev–Trinajstić information content (AvgIpc) is 2.18. The van der Waals surface area contributed by atoms with Gasteiger partial charge in [0.25, 0.3) is 0 Å². The van der Waals surface area contributed by atoms with Crippen molar-refractivity contribution in [3.63, 3.8) is 0 Å². The van der Waals surface area contributed by atoms with Gasteiger partial charge in [-0.2, -0.15) is 0 Å². The van der Waals surface area contributed by atoms with Gasteiger partial charge >= 0.3 is 0 Å². The number of carbonyl (C=O) groups is 1. The summed E-state index contributed by atoms with van der Waals surface area (Å²) < 4.78 is 0. The van der Waals surface area contributed by atoms with Crippen LogP contribution in [0.15, 0.2) is 0 Å². The lowest BCUT2D eigenvalue weighted by Crippen LogP contribution is -2.48. The van der Waals surface area contributed by atoms with E-state index in [-0.39, 0.29) is 12.0 Å². The van der Waals surface area contributed by atoms with E-state index >= 15 is 0 Å². The molecule has 1 aliphatic rings. The highest BCUT2D eigenvalue weighted by Crippen LogP contribution is 2.20. The van der Waals surface area contributed by atoms with Crippen LogP contribution in [0.2, 0.25) is 0 Å². The van der Waals surface area contributed by atoms with Crippen LogP contribution >= 0.6 is 0 Å². The van der Waals surface area contributed by atoms with Gasteiger partial charge in [0.2, 0.25) is 0 Å². The lowest BCUT2D eigenvalue weighted by atomic mass is 9.90. The quantitative estimate of drug-likeness (QED) is 0.712. The number of ketones is 1. The molecule has 0 aromatic carbocycles. The van der Waals surface area contributed by atoms with Crippen molar-refractivity contribution in [3.05, 3.63) is 0 Å². The zero-order chi connectivity index (χ0) is 11.4. The van der Waals surface area contributed by atoms with E-state index in [1.807, 2.05) is 13.8 Å². The fourth-order valence-electron chi connectivity index (χ4n) is 2.47. The van der Waals surface area contributed by atoms with E-state index in [1.54, 1.807) is 0 Å². The zero-order valence-electron chi connectivity index (χ0n) is 10.6. The standard InChI is InChI=1S/C13H25NO/c1-10(2)12(13(15)11(3)4)14-8-6-5-7-9-14/h10-12H,5-9H2,1-4H3/t12-/m0/s1. The van der Waals surface area contributed by atoms with Gasteiger partial charge in [0.1, 0.15) is 0 Å². The van der Waals surface area contributed by atoms with Crippen molar-refractivity contribution in [2.45, 2.75) is 53.0 Å². The molecule has 1 fully saturated rings. The Kier molecular flexibility index (Phi) is 4.78. The number of hydrogen-bond donors (Lipinski definition) is 0. The van der Waals surface area contributed by atoms with Crippen LogP contribution in [-0.2, 0) is 4.79 Å². The Bertz CT molecular complexity index is 205. The number of likely N-dealkylation sites (tertiary alicyclic amines) is 1. The third-order valence-electron chi connectivity index (χ3n) is 3.28. The van der Waals surface area contributed by atoms with Crippen molar-refractivity contribution in [2.75, 3.05) is 13.1 Å². The van der Waals surface area contributed by atoms with E-state index in [0.717, 1.165) is 13.1 Å². The topological polar surface area (TPSA) is 20.3 Å². The first-order valence-corrected chi connectivity index (χ1v) is 6.31. The monoisotopic (exact) mass is 211 g/mol. The van der Waals surface area contributed by atoms with Crippen LogP contribution in [0.4, 0.5) is 0 Å². The van der Waals surface area contributed by atoms with Gasteiger partial charge in [-0.1, -0.05) is 34.1 Å². The van der Waals surface area contributed by atoms with Crippen molar-refractivity contribution < 1.29 is 4.79 Å². The van der Waals surface area contributed by atoms with Crippen LogP contribution in [0.3, 0.4) is 0 Å². The maximum absolute atomic E-state index is 12.1. The molecule has 0 aromatic heterocycles. The Labute approximate surface area is 94.0 Å². The first-order chi connectivity index (χ1) is 7.04. The summed E-state index contributed by atoms with van der Waals surface area (Å²) in [5, 5.41) is 0. The van der Waals surface area contributed by atoms with Crippen LogP contribution in [0.1, 0.15) is 47.0 Å². The van der Waals surface area contributed by atoms with Crippen LogP contribution in [0.5, 0.6) is 0 Å². The molecule has 0 spiro atoms. The molecule has 0 radical (unpaired) electrons. The highest BCUT2D eigenvalue weighted by atomic mass is 16.1. The van der Waals surface area contributed by atoms with Gasteiger partial charge in [-0.05, 0) is 31.8 Å². The smallest absolute Gasteiger partial charge is 0.152 e. The predicted molar refractivity (Wildman–Crippen MR) is 63.9 cm³/mol. The largest absolute Gasteiger partial charge is 0.298 e. The summed E-state index contributed by atoms with van der Waals surface area (Å²) in [5.74, 6) is 1.03. The number of nitrogens with zero attached hydrogens (tertiary/aromatic N) is 1. The van der Waals surface area contributed by atoms with E-state index in [1.165, 1.54) is 19.3 Å². The van der Waals surface area contributed by atoms with E-state index in [2.05, 4.69) is 18.7 Å². The van der Waals surface area contributed by atoms with Gasteiger partial charge in [0.05, 0.1) is 6.04 Å². The van der Waals surface area contributed by atoms with Crippen LogP contribution < -0.4 is 0 Å². The van der Waals surface area contributed by atoms with E-state index in [4.69, 9.17) is 0 Å². The minimum Gasteiger partial charge on any atom is -0.298 e. The number of Topliss-reactive ketones (excluding diaryl/α,β-unsaturated/α-hetero) is 1. The van der Waals surface area contributed by atoms with Gasteiger partial charge in [0, 0.05) is 5.92 Å². The number of rotatable bonds is 4. The summed E-state index contributed by atoms with van der Waals surface area (Å²) in [6.45, 7) is 10.6. The van der Waals surface area contributed by atoms with Crippen molar-refractivity contribution in [1.29, 1.82) is 0 Å². The molecular weight excluding hydrogens is 186 g/mol. The van der Waals surface area contributed by atoms with Crippen molar-refractivity contribution in [3.8, 4) is 0 Å². The van der Waals surface area contributed by atoms with Crippen molar-refractivity contribution in [1.82, 2.24) is 4.90 Å². The highest BCUT2D eigenvalue weighted by molar-refractivity contribution is 5.86. The molecule has 88 valence electrons. The Morgan fingerprint density at radius 1 is 1.00 bits per heavy atom. The minimum absolute atomic E-state index is 0.158. The summed E-state index contributed by atoms with van der Waals surface area (Å²) >= 11 is 0. The summed E-state index contributed by atoms with van der Waals surface area (Å²) in [4.78, 5) is 14.5. The molecule has 0 bridgehead atoms. The highest BCUT2D eigenvalue weighted by Gasteiger charge is 2.30. The molecule has 2 nitrogen and oxygen atoms in total. The Balaban J connectivity index is 2.67. The summed E-state index contributed by atoms with van der Waals surface area (Å²) in [7, 11) is 0. The Morgan fingerprint density at radius 3 is 1.93 bits per heavy atom. The van der Waals surface area contributed by atoms with E-state index in [9.17, 15) is 4.79 Å². The van der Waals surface area contributed by atoms with E-state index in [0.29, 0.717) is 11.7 Å². The molecule has 0 N–H and O–H groups in total. The number of carbonyl (C=O) groups excluding carboxylic acids is 1. The lowest BCUT2D eigenvalue weighted by molar-refractivity contribution is -0.129. The molecule has 1 rings (SSSR count). The summed E-state index contributed by atoms with van der Waals surface area (Å²) in [6, 6.07) is 0.158. The predicted octanol–water partition coefficient (Wildman–Crippen LogP) is 2.72. The molecule has 1 aliphatic heterocycles. The second-order valence-electron chi connectivity index (χ2n) is 5.34. The second kappa shape index (κ2) is 5.64. The summed E-state index contributed by atoms with van der Waals surface area (Å²) in [5.41, 5.74) is 0. The first kappa shape index (κ1) is 12.7. The summed E-state index contributed by atoms with van der Waals surface area (Å²) in [6.07, 6.45) is 3.85. The molecule has 1 saturated heterocycles. The van der Waals surface area contributed by atoms with Crippen LogP contribution in [0.25, 0.3) is 0 Å². The lowest BCUT2D eigenvalue weighted by Gasteiger charge is -2.36. The molecule has 0 aliphatic carbocycles. The fourth-order valence-corrected chi connectivity index (χ4v) is 2.47. The average molecular weight is 211 g/mol. The van der Waals surface area contributed by atoms with Crippen molar-refractivity contribution >= 4 is 5.78 Å². The molecule has 15 heavy (non-hydrogen) atoms. The molecular formula is C13H25NO. The normalized spacial score (nSPS) is 20.9. The molecule has 2 heteroatoms. The Morgan fingerprint density at radius 2 is 1.53 bits per heavy atom. The van der Waals surface area contributed by atoms with E-state index < -0.39 is 0 Å². The third-order valence-corrected chi connectivity index (χ3v) is 3.28. The molecule has 0 saturated carbocycles. The van der Waals surface area contributed by atoms with Gasteiger partial charge in [-0.3, -0.25) is 9.69 Å². The second-order valence-corrected chi connectivity index (χ2v) is 5.34. The van der Waals surface area contributed by atoms with Gasteiger partial charge in [-0.15, -0.1) is 0 Å². The number of hydrogen-bond acceptors (Lipinski definition) is 2. The maximum atomic E-state index is 12.1. The molecule has 0 amide bonds. The van der Waals surface area contributed by atoms with Gasteiger partial charge in [0.15, 0.2) is 5.78 Å². The van der Waals surface area contributed by atoms with Gasteiger partial charge < -0.3 is 0 Å². The van der Waals surface area contributed by atoms with Crippen molar-refractivity contribution in [2.24, 2.45) is 11.8 Å². The molecule has 0 unspecified atom stereocenters. The molecule has 0 aromatic rings. The minimum atomic E-state index is 0.158. The van der Waals surface area contributed by atoms with Gasteiger partial charge in [-0.25, -0.2) is 0 Å². The zero-order valence-corrected chi connectivity index (χ0v) is 10.6. The third kappa shape index (κ3) is 3.30. The molecule has 1 heterocycles. The fraction of sp³-hybridized carbons (Fsp3) is 0.923.